The SMILES string of the molecule is C.Cc1nc2nc(-c3ccccc3)nc(Cl)c2[nH]1.Cc1nc2nc(-c3ccccc3)nc(N3CCC[C@H]3C(N)=O)c2[nH]1. The lowest BCUT2D eigenvalue weighted by atomic mass is 10.2. The topological polar surface area (TPSA) is 155 Å². The van der Waals surface area contributed by atoms with Gasteiger partial charge in [0.2, 0.25) is 5.91 Å². The molecule has 5 heterocycles. The van der Waals surface area contributed by atoms with E-state index in [4.69, 9.17) is 22.3 Å². The molecule has 11 nitrogen and oxygen atoms in total. The maximum absolute atomic E-state index is 11.8. The monoisotopic (exact) mass is 582 g/mol. The third-order valence-electron chi connectivity index (χ3n) is 6.79. The molecule has 214 valence electrons. The Morgan fingerprint density at radius 3 is 1.90 bits per heavy atom. The number of H-pyrrole nitrogens is 2. The number of rotatable bonds is 4. The molecule has 2 aromatic carbocycles. The van der Waals surface area contributed by atoms with Gasteiger partial charge in [-0.2, -0.15) is 0 Å². The van der Waals surface area contributed by atoms with Crippen molar-refractivity contribution in [3.8, 4) is 22.8 Å². The summed E-state index contributed by atoms with van der Waals surface area (Å²) >= 11 is 6.10. The number of hydrogen-bond acceptors (Lipinski definition) is 8. The quantitative estimate of drug-likeness (QED) is 0.233. The number of carbonyl (C=O) groups excluding carboxylic acids is 1. The van der Waals surface area contributed by atoms with Crippen LogP contribution in [0.1, 0.15) is 31.9 Å². The van der Waals surface area contributed by atoms with Crippen molar-refractivity contribution in [2.75, 3.05) is 11.4 Å². The lowest BCUT2D eigenvalue weighted by Crippen LogP contribution is -2.41. The van der Waals surface area contributed by atoms with Crippen molar-refractivity contribution in [3.63, 3.8) is 0 Å². The van der Waals surface area contributed by atoms with E-state index in [1.807, 2.05) is 79.4 Å². The summed E-state index contributed by atoms with van der Waals surface area (Å²) in [5.41, 5.74) is 10.1. The van der Waals surface area contributed by atoms with E-state index in [0.29, 0.717) is 39.4 Å². The third-order valence-corrected chi connectivity index (χ3v) is 7.07. The van der Waals surface area contributed by atoms with E-state index >= 15 is 0 Å². The Bertz CT molecular complexity index is 1850. The van der Waals surface area contributed by atoms with Crippen LogP contribution in [0, 0.1) is 13.8 Å². The zero-order chi connectivity index (χ0) is 28.5. The van der Waals surface area contributed by atoms with E-state index < -0.39 is 0 Å². The Morgan fingerprint density at radius 1 is 0.810 bits per heavy atom. The number of hydrogen-bond donors (Lipinski definition) is 3. The maximum atomic E-state index is 11.8. The largest absolute Gasteiger partial charge is 0.368 e. The van der Waals surface area contributed by atoms with Gasteiger partial charge in [-0.15, -0.1) is 0 Å². The molecule has 1 amide bonds. The molecular formula is C30H31ClN10O. The number of aromatic nitrogens is 8. The van der Waals surface area contributed by atoms with E-state index in [9.17, 15) is 4.79 Å². The number of carbonyl (C=O) groups is 1. The zero-order valence-corrected chi connectivity index (χ0v) is 23.2. The zero-order valence-electron chi connectivity index (χ0n) is 22.5. The Kier molecular flexibility index (Phi) is 8.12. The van der Waals surface area contributed by atoms with E-state index in [-0.39, 0.29) is 19.4 Å². The molecule has 7 rings (SSSR count). The summed E-state index contributed by atoms with van der Waals surface area (Å²) in [6.07, 6.45) is 1.65. The number of benzene rings is 2. The molecule has 1 atom stereocenters. The van der Waals surface area contributed by atoms with Crippen LogP contribution in [0.2, 0.25) is 5.15 Å². The van der Waals surface area contributed by atoms with Gasteiger partial charge >= 0.3 is 0 Å². The molecule has 4 aromatic heterocycles. The second-order valence-corrected chi connectivity index (χ2v) is 10.1. The van der Waals surface area contributed by atoms with Gasteiger partial charge in [-0.05, 0) is 26.7 Å². The Morgan fingerprint density at radius 2 is 1.33 bits per heavy atom. The minimum atomic E-state index is -0.338. The summed E-state index contributed by atoms with van der Waals surface area (Å²) in [5, 5.41) is 0.398. The third kappa shape index (κ3) is 5.64. The first-order valence-corrected chi connectivity index (χ1v) is 13.6. The lowest BCUT2D eigenvalue weighted by molar-refractivity contribution is -0.119. The molecule has 1 aliphatic heterocycles. The van der Waals surface area contributed by atoms with Crippen LogP contribution in [0.3, 0.4) is 0 Å². The minimum Gasteiger partial charge on any atom is -0.368 e. The second kappa shape index (κ2) is 11.9. The number of aryl methyl sites for hydroxylation is 2. The number of nitrogens with one attached hydrogen (secondary N) is 2. The fourth-order valence-electron chi connectivity index (χ4n) is 4.93. The van der Waals surface area contributed by atoms with Gasteiger partial charge in [-0.3, -0.25) is 4.79 Å². The van der Waals surface area contributed by atoms with Crippen molar-refractivity contribution in [1.29, 1.82) is 0 Å². The highest BCUT2D eigenvalue weighted by atomic mass is 35.5. The highest BCUT2D eigenvalue weighted by Gasteiger charge is 2.32. The first-order valence-electron chi connectivity index (χ1n) is 13.2. The molecule has 0 aliphatic carbocycles. The second-order valence-electron chi connectivity index (χ2n) is 9.74. The summed E-state index contributed by atoms with van der Waals surface area (Å²) in [6.45, 7) is 4.48. The standard InChI is InChI=1S/C17H18N6O.C12H9ClN4.CH4/c1-10-19-13-16(20-10)21-15(11-6-3-2-4-7-11)22-17(13)23-9-5-8-12(23)14(18)24;1-7-14-9-10(13)16-11(17-12(9)15-7)8-5-3-2-4-6-8;/h2-4,6-7,12H,5,8-9H2,1H3,(H2,18,24)(H,19,20,21,22);2-6H,1H3,(H,14,15,16,17);1H4/t12-;;/m0../s1. The van der Waals surface area contributed by atoms with Gasteiger partial charge in [0, 0.05) is 17.7 Å². The fourth-order valence-corrected chi connectivity index (χ4v) is 5.14. The summed E-state index contributed by atoms with van der Waals surface area (Å²) in [5.74, 6) is 3.11. The average Bonchev–Trinajstić information content (AvgIpc) is 3.71. The van der Waals surface area contributed by atoms with Crippen LogP contribution in [-0.2, 0) is 4.79 Å². The smallest absolute Gasteiger partial charge is 0.240 e. The molecule has 6 aromatic rings. The predicted molar refractivity (Wildman–Crippen MR) is 165 cm³/mol. The number of imidazole rings is 2. The molecule has 0 radical (unpaired) electrons. The van der Waals surface area contributed by atoms with Crippen molar-refractivity contribution in [3.05, 3.63) is 77.5 Å². The summed E-state index contributed by atoms with van der Waals surface area (Å²) in [4.78, 5) is 46.7. The van der Waals surface area contributed by atoms with E-state index in [1.54, 1.807) is 0 Å². The van der Waals surface area contributed by atoms with Crippen LogP contribution in [0.25, 0.3) is 45.1 Å². The highest BCUT2D eigenvalue weighted by molar-refractivity contribution is 6.33. The van der Waals surface area contributed by atoms with Crippen LogP contribution >= 0.6 is 11.6 Å². The van der Waals surface area contributed by atoms with Gasteiger partial charge in [0.25, 0.3) is 0 Å². The lowest BCUT2D eigenvalue weighted by Gasteiger charge is -2.23. The van der Waals surface area contributed by atoms with E-state index in [2.05, 4.69) is 34.9 Å². The predicted octanol–water partition coefficient (Wildman–Crippen LogP) is 5.40. The number of nitrogens with zero attached hydrogens (tertiary/aromatic N) is 7. The van der Waals surface area contributed by atoms with Crippen molar-refractivity contribution in [1.82, 2.24) is 39.9 Å². The van der Waals surface area contributed by atoms with Crippen molar-refractivity contribution >= 4 is 45.7 Å². The summed E-state index contributed by atoms with van der Waals surface area (Å²) < 4.78 is 0. The highest BCUT2D eigenvalue weighted by Crippen LogP contribution is 2.31. The number of anilines is 1. The van der Waals surface area contributed by atoms with Gasteiger partial charge in [0.1, 0.15) is 28.7 Å². The molecule has 42 heavy (non-hydrogen) atoms. The van der Waals surface area contributed by atoms with Crippen LogP contribution in [0.15, 0.2) is 60.7 Å². The fraction of sp³-hybridized carbons (Fsp3) is 0.233. The van der Waals surface area contributed by atoms with Gasteiger partial charge in [-0.25, -0.2) is 29.9 Å². The number of aromatic amines is 2. The number of halogens is 1. The Hall–Kier alpha value is -4.90. The maximum Gasteiger partial charge on any atom is 0.240 e. The molecule has 0 unspecified atom stereocenters. The number of amides is 1. The molecule has 12 heteroatoms. The van der Waals surface area contributed by atoms with Gasteiger partial charge in [0.15, 0.2) is 33.9 Å². The van der Waals surface area contributed by atoms with E-state index in [1.165, 1.54) is 0 Å². The Labute approximate surface area is 247 Å². The number of fused-ring (bicyclic) bond motifs is 2. The molecule has 4 N–H and O–H groups in total. The molecule has 0 spiro atoms. The summed E-state index contributed by atoms with van der Waals surface area (Å²) in [6, 6.07) is 19.1. The van der Waals surface area contributed by atoms with Gasteiger partial charge < -0.3 is 20.6 Å². The molecule has 1 aliphatic rings. The van der Waals surface area contributed by atoms with Gasteiger partial charge in [0.05, 0.1) is 0 Å². The minimum absolute atomic E-state index is 0. The van der Waals surface area contributed by atoms with Crippen LogP contribution in [0.5, 0.6) is 0 Å². The van der Waals surface area contributed by atoms with Crippen LogP contribution in [0.4, 0.5) is 5.82 Å². The first kappa shape index (κ1) is 28.6. The normalized spacial score (nSPS) is 14.5. The van der Waals surface area contributed by atoms with Crippen LogP contribution < -0.4 is 10.6 Å². The van der Waals surface area contributed by atoms with Crippen molar-refractivity contribution in [2.24, 2.45) is 5.73 Å². The van der Waals surface area contributed by atoms with Crippen LogP contribution in [-0.4, -0.2) is 58.4 Å². The average molecular weight is 583 g/mol. The van der Waals surface area contributed by atoms with Gasteiger partial charge in [-0.1, -0.05) is 79.7 Å². The molecular weight excluding hydrogens is 552 g/mol. The number of primary amides is 1. The Balaban J connectivity index is 0.000000173. The van der Waals surface area contributed by atoms with Crippen molar-refractivity contribution < 1.29 is 4.79 Å². The molecule has 1 fully saturated rings. The molecule has 0 bridgehead atoms. The van der Waals surface area contributed by atoms with E-state index in [0.717, 1.165) is 47.7 Å². The first-order chi connectivity index (χ1) is 19.9. The van der Waals surface area contributed by atoms with Crippen molar-refractivity contribution in [2.45, 2.75) is 40.2 Å². The molecule has 0 saturated carbocycles. The molecule has 1 saturated heterocycles. The summed E-state index contributed by atoms with van der Waals surface area (Å²) in [7, 11) is 0. The number of nitrogens with two attached hydrogens (primary N) is 1.